The Morgan fingerprint density at radius 1 is 0.531 bits per heavy atom. The standard InChI is InChI=1S/2C17H15FN2.C9H10N2O3.C8H7FO/c2*1-20(2)15-9-5-13-6-10-16(19-17(13)11-15)12-3-7-14(18)8-4-12;1-10(2)8-4-3-7(6-12)9(5-8)11(13)14;1-6(10)7-2-4-8(9)5-3-7/h2*3-11H,1-2H3;3-6H,1-2H3;2-5H,1H3. The molecule has 64 heavy (non-hydrogen) atoms. The van der Waals surface area contributed by atoms with Crippen molar-refractivity contribution >= 4 is 56.6 Å². The Kier molecular flexibility index (Phi) is 16.0. The Morgan fingerprint density at radius 2 is 0.891 bits per heavy atom. The SMILES string of the molecule is CC(=O)c1ccc(F)cc1.CN(C)c1ccc(C=O)c([N+](=O)[O-])c1.CN(C)c1ccc2ccc(-c3ccc(F)cc3)nc2c1.CN(C)c1ccc2ccc(-c3ccc(F)cc3)nc2c1. The highest BCUT2D eigenvalue weighted by Crippen LogP contribution is 2.27. The van der Waals surface area contributed by atoms with Crippen LogP contribution < -0.4 is 14.7 Å². The molecule has 10 nitrogen and oxygen atoms in total. The van der Waals surface area contributed by atoms with Gasteiger partial charge >= 0.3 is 0 Å². The van der Waals surface area contributed by atoms with E-state index in [-0.39, 0.29) is 34.5 Å². The van der Waals surface area contributed by atoms with Crippen molar-refractivity contribution in [2.75, 3.05) is 57.0 Å². The number of nitro groups is 1. The molecule has 0 saturated carbocycles. The summed E-state index contributed by atoms with van der Waals surface area (Å²) < 4.78 is 38.2. The summed E-state index contributed by atoms with van der Waals surface area (Å²) in [4.78, 5) is 46.3. The lowest BCUT2D eigenvalue weighted by Crippen LogP contribution is -2.09. The molecule has 2 heterocycles. The predicted octanol–water partition coefficient (Wildman–Crippen LogP) is 11.7. The second-order valence-electron chi connectivity index (χ2n) is 15.0. The fourth-order valence-corrected chi connectivity index (χ4v) is 6.08. The molecule has 8 aromatic rings. The first-order chi connectivity index (χ1) is 30.5. The Labute approximate surface area is 370 Å². The summed E-state index contributed by atoms with van der Waals surface area (Å²) in [5.74, 6) is -0.820. The van der Waals surface area contributed by atoms with E-state index in [1.165, 1.54) is 67.6 Å². The number of aldehydes is 1. The summed E-state index contributed by atoms with van der Waals surface area (Å²) in [5.41, 5.74) is 8.84. The van der Waals surface area contributed by atoms with Crippen molar-refractivity contribution in [2.24, 2.45) is 0 Å². The maximum Gasteiger partial charge on any atom is 0.281 e. The summed E-state index contributed by atoms with van der Waals surface area (Å²) in [6.45, 7) is 1.45. The van der Waals surface area contributed by atoms with Gasteiger partial charge in [0.05, 0.1) is 32.9 Å². The molecule has 326 valence electrons. The van der Waals surface area contributed by atoms with E-state index < -0.39 is 4.92 Å². The monoisotopic (exact) mass is 864 g/mol. The van der Waals surface area contributed by atoms with Crippen LogP contribution in [0.2, 0.25) is 0 Å². The maximum atomic E-state index is 13.0. The van der Waals surface area contributed by atoms with Crippen LogP contribution in [0, 0.1) is 27.6 Å². The first-order valence-corrected chi connectivity index (χ1v) is 19.9. The van der Waals surface area contributed by atoms with Gasteiger partial charge in [-0.1, -0.05) is 24.3 Å². The number of rotatable bonds is 8. The van der Waals surface area contributed by atoms with Crippen molar-refractivity contribution in [3.63, 3.8) is 0 Å². The summed E-state index contributed by atoms with van der Waals surface area (Å²) >= 11 is 0. The number of aromatic nitrogens is 2. The van der Waals surface area contributed by atoms with Gasteiger partial charge in [-0.2, -0.15) is 0 Å². The number of hydrogen-bond donors (Lipinski definition) is 0. The molecule has 0 N–H and O–H groups in total. The molecule has 2 aromatic heterocycles. The molecule has 0 atom stereocenters. The number of fused-ring (bicyclic) bond motifs is 2. The topological polar surface area (TPSA) is 113 Å². The van der Waals surface area contributed by atoms with E-state index in [1.54, 1.807) is 49.3 Å². The van der Waals surface area contributed by atoms with Crippen molar-refractivity contribution in [1.82, 2.24) is 9.97 Å². The third-order valence-electron chi connectivity index (χ3n) is 9.77. The van der Waals surface area contributed by atoms with E-state index >= 15 is 0 Å². The van der Waals surface area contributed by atoms with E-state index in [1.807, 2.05) is 62.3 Å². The number of carbonyl (C=O) groups excluding carboxylic acids is 2. The number of halogens is 3. The van der Waals surface area contributed by atoms with Crippen LogP contribution in [0.3, 0.4) is 0 Å². The molecule has 0 unspecified atom stereocenters. The average molecular weight is 865 g/mol. The highest BCUT2D eigenvalue weighted by molar-refractivity contribution is 5.94. The highest BCUT2D eigenvalue weighted by Gasteiger charge is 2.14. The molecule has 0 saturated heterocycles. The second kappa shape index (κ2) is 21.7. The number of pyridine rings is 2. The van der Waals surface area contributed by atoms with E-state index in [4.69, 9.17) is 0 Å². The Morgan fingerprint density at radius 3 is 1.25 bits per heavy atom. The highest BCUT2D eigenvalue weighted by atomic mass is 19.1. The number of Topliss-reactive ketones (excluding diaryl/α,β-unsaturated/α-hetero) is 1. The molecule has 0 aliphatic carbocycles. The third kappa shape index (κ3) is 12.8. The molecule has 0 amide bonds. The molecule has 0 bridgehead atoms. The van der Waals surface area contributed by atoms with Gasteiger partial charge in [0.1, 0.15) is 17.5 Å². The van der Waals surface area contributed by atoms with Crippen LogP contribution in [0.15, 0.2) is 152 Å². The lowest BCUT2D eigenvalue weighted by atomic mass is 10.1. The minimum absolute atomic E-state index is 0.0417. The second-order valence-corrected chi connectivity index (χ2v) is 15.0. The minimum atomic E-state index is -0.559. The average Bonchev–Trinajstić information content (AvgIpc) is 3.29. The van der Waals surface area contributed by atoms with E-state index in [0.717, 1.165) is 55.7 Å². The van der Waals surface area contributed by atoms with Gasteiger partial charge in [-0.05, 0) is 128 Å². The van der Waals surface area contributed by atoms with Crippen molar-refractivity contribution in [1.29, 1.82) is 0 Å². The van der Waals surface area contributed by atoms with Crippen molar-refractivity contribution in [3.8, 4) is 22.5 Å². The number of carbonyl (C=O) groups is 2. The van der Waals surface area contributed by atoms with Crippen LogP contribution in [-0.2, 0) is 0 Å². The van der Waals surface area contributed by atoms with Gasteiger partial charge in [-0.3, -0.25) is 19.7 Å². The summed E-state index contributed by atoms with van der Waals surface area (Å²) in [6.07, 6.45) is 0.484. The van der Waals surface area contributed by atoms with Crippen LogP contribution in [0.4, 0.5) is 35.9 Å². The smallest absolute Gasteiger partial charge is 0.281 e. The largest absolute Gasteiger partial charge is 0.378 e. The first-order valence-electron chi connectivity index (χ1n) is 19.9. The van der Waals surface area contributed by atoms with Gasteiger partial charge in [-0.15, -0.1) is 0 Å². The fourth-order valence-electron chi connectivity index (χ4n) is 6.08. The molecule has 6 aromatic carbocycles. The summed E-state index contributed by atoms with van der Waals surface area (Å²) in [5, 5.41) is 12.8. The lowest BCUT2D eigenvalue weighted by Gasteiger charge is -2.13. The minimum Gasteiger partial charge on any atom is -0.378 e. The molecule has 8 rings (SSSR count). The zero-order valence-corrected chi connectivity index (χ0v) is 36.5. The Hall–Kier alpha value is -7.93. The van der Waals surface area contributed by atoms with Crippen LogP contribution in [0.25, 0.3) is 44.3 Å². The zero-order valence-electron chi connectivity index (χ0n) is 36.5. The molecular formula is C51H47F3N6O4. The predicted molar refractivity (Wildman–Crippen MR) is 252 cm³/mol. The third-order valence-corrected chi connectivity index (χ3v) is 9.77. The van der Waals surface area contributed by atoms with Crippen molar-refractivity contribution < 1.29 is 27.7 Å². The fraction of sp³-hybridized carbons (Fsp3) is 0.137. The Bertz CT molecular complexity index is 2740. The zero-order chi connectivity index (χ0) is 46.5. The lowest BCUT2D eigenvalue weighted by molar-refractivity contribution is -0.385. The molecule has 0 spiro atoms. The molecule has 0 fully saturated rings. The number of anilines is 3. The van der Waals surface area contributed by atoms with E-state index in [9.17, 15) is 32.9 Å². The van der Waals surface area contributed by atoms with E-state index in [2.05, 4.69) is 46.4 Å². The van der Waals surface area contributed by atoms with Gasteiger partial charge in [0.25, 0.3) is 5.69 Å². The van der Waals surface area contributed by atoms with Crippen LogP contribution in [0.1, 0.15) is 27.6 Å². The molecule has 0 radical (unpaired) electrons. The molecular weight excluding hydrogens is 818 g/mol. The van der Waals surface area contributed by atoms with Gasteiger partial charge in [0, 0.05) is 92.9 Å². The summed E-state index contributed by atoms with van der Waals surface area (Å²) in [6, 6.07) is 43.2. The molecule has 0 aliphatic heterocycles. The van der Waals surface area contributed by atoms with E-state index in [0.29, 0.717) is 17.5 Å². The number of nitrogens with zero attached hydrogens (tertiary/aromatic N) is 6. The number of benzene rings is 6. The van der Waals surface area contributed by atoms with Gasteiger partial charge < -0.3 is 14.7 Å². The van der Waals surface area contributed by atoms with Crippen molar-refractivity contribution in [2.45, 2.75) is 6.92 Å². The van der Waals surface area contributed by atoms with Gasteiger partial charge in [-0.25, -0.2) is 23.1 Å². The molecule has 0 aliphatic rings. The quantitative estimate of drug-likeness (QED) is 0.0637. The molecule has 13 heteroatoms. The van der Waals surface area contributed by atoms with Crippen LogP contribution >= 0.6 is 0 Å². The van der Waals surface area contributed by atoms with Crippen LogP contribution in [-0.4, -0.2) is 69.2 Å². The van der Waals surface area contributed by atoms with Crippen molar-refractivity contribution in [3.05, 3.63) is 190 Å². The Balaban J connectivity index is 0.000000166. The van der Waals surface area contributed by atoms with Gasteiger partial charge in [0.2, 0.25) is 0 Å². The first kappa shape index (κ1) is 47.1. The summed E-state index contributed by atoms with van der Waals surface area (Å²) in [7, 11) is 11.6. The van der Waals surface area contributed by atoms with Gasteiger partial charge in [0.15, 0.2) is 12.1 Å². The maximum absolute atomic E-state index is 13.0. The van der Waals surface area contributed by atoms with Crippen LogP contribution in [0.5, 0.6) is 0 Å². The number of nitro benzene ring substituents is 1. The number of hydrogen-bond acceptors (Lipinski definition) is 9. The number of ketones is 1. The normalized spacial score (nSPS) is 10.3.